The van der Waals surface area contributed by atoms with Gasteiger partial charge < -0.3 is 10.8 Å². The number of aliphatic hydroxyl groups excluding tert-OH is 1. The molecule has 2 nitrogen and oxygen atoms in total. The van der Waals surface area contributed by atoms with Crippen LogP contribution in [-0.4, -0.2) is 11.2 Å². The number of rotatable bonds is 3. The van der Waals surface area contributed by atoms with Gasteiger partial charge in [0.1, 0.15) is 0 Å². The van der Waals surface area contributed by atoms with Crippen molar-refractivity contribution in [3.8, 4) is 0 Å². The Morgan fingerprint density at radius 2 is 1.94 bits per heavy atom. The van der Waals surface area contributed by atoms with Crippen molar-refractivity contribution in [2.75, 3.05) is 0 Å². The molecule has 5 heteroatoms. The van der Waals surface area contributed by atoms with Crippen molar-refractivity contribution in [3.05, 3.63) is 33.3 Å². The molecule has 0 aliphatic heterocycles. The molecule has 1 aromatic carbocycles. The van der Waals surface area contributed by atoms with Gasteiger partial charge in [-0.1, -0.05) is 40.4 Å². The summed E-state index contributed by atoms with van der Waals surface area (Å²) in [7, 11) is 0. The summed E-state index contributed by atoms with van der Waals surface area (Å²) in [5.41, 5.74) is 6.95. The summed E-state index contributed by atoms with van der Waals surface area (Å²) >= 11 is 9.53. The Balaban J connectivity index is 0.00000162. The Bertz CT molecular complexity index is 397. The van der Waals surface area contributed by atoms with Crippen molar-refractivity contribution in [1.29, 1.82) is 0 Å². The average Bonchev–Trinajstić information content (AvgIpc) is 2.84. The molecule has 0 radical (unpaired) electrons. The number of nitrogens with two attached hydrogens (primary N) is 1. The highest BCUT2D eigenvalue weighted by atomic mass is 79.9. The van der Waals surface area contributed by atoms with Crippen LogP contribution in [0.4, 0.5) is 0 Å². The normalized spacial score (nSPS) is 19.3. The van der Waals surface area contributed by atoms with E-state index >= 15 is 0 Å². The number of hydrogen-bond acceptors (Lipinski definition) is 2. The highest BCUT2D eigenvalue weighted by Crippen LogP contribution is 2.35. The van der Waals surface area contributed by atoms with Gasteiger partial charge in [0, 0.05) is 9.50 Å². The largest absolute Gasteiger partial charge is 0.391 e. The third-order valence-corrected chi connectivity index (χ3v) is 4.41. The lowest BCUT2D eigenvalue weighted by Crippen LogP contribution is -2.32. The molecule has 0 aromatic heterocycles. The van der Waals surface area contributed by atoms with E-state index in [1.807, 2.05) is 18.2 Å². The summed E-state index contributed by atoms with van der Waals surface area (Å²) in [4.78, 5) is 0. The quantitative estimate of drug-likeness (QED) is 0.859. The second kappa shape index (κ2) is 7.11. The Hall–Kier alpha value is 0.200. The average molecular weight is 355 g/mol. The summed E-state index contributed by atoms with van der Waals surface area (Å²) < 4.78 is 0.936. The lowest BCUT2D eigenvalue weighted by atomic mass is 9.91. The maximum absolute atomic E-state index is 10.3. The van der Waals surface area contributed by atoms with Crippen LogP contribution in [0.5, 0.6) is 0 Å². The molecule has 18 heavy (non-hydrogen) atoms. The third kappa shape index (κ3) is 3.61. The van der Waals surface area contributed by atoms with E-state index in [1.165, 1.54) is 12.8 Å². The first-order valence-electron chi connectivity index (χ1n) is 5.98. The Morgan fingerprint density at radius 3 is 2.56 bits per heavy atom. The molecule has 1 fully saturated rings. The smallest absolute Gasteiger partial charge is 0.0761 e. The fourth-order valence-electron chi connectivity index (χ4n) is 2.55. The molecule has 0 saturated heterocycles. The van der Waals surface area contributed by atoms with Crippen molar-refractivity contribution in [1.82, 2.24) is 0 Å². The molecule has 2 atom stereocenters. The van der Waals surface area contributed by atoms with Crippen LogP contribution in [0.2, 0.25) is 5.02 Å². The molecule has 1 aromatic rings. The molecular weight excluding hydrogens is 337 g/mol. The molecule has 0 unspecified atom stereocenters. The van der Waals surface area contributed by atoms with Gasteiger partial charge in [-0.2, -0.15) is 0 Å². The Morgan fingerprint density at radius 1 is 1.33 bits per heavy atom. The minimum absolute atomic E-state index is 0. The summed E-state index contributed by atoms with van der Waals surface area (Å²) in [5.74, 6) is 0.319. The number of hydrogen-bond donors (Lipinski definition) is 2. The van der Waals surface area contributed by atoms with Gasteiger partial charge in [-0.15, -0.1) is 12.4 Å². The Labute approximate surface area is 127 Å². The van der Waals surface area contributed by atoms with E-state index in [0.717, 1.165) is 22.9 Å². The van der Waals surface area contributed by atoms with E-state index in [9.17, 15) is 5.11 Å². The van der Waals surface area contributed by atoms with Crippen LogP contribution >= 0.6 is 39.9 Å². The van der Waals surface area contributed by atoms with Crippen molar-refractivity contribution in [2.24, 2.45) is 11.7 Å². The van der Waals surface area contributed by atoms with Crippen molar-refractivity contribution in [2.45, 2.75) is 37.8 Å². The lowest BCUT2D eigenvalue weighted by molar-refractivity contribution is 0.0845. The molecular formula is C13H18BrCl2NO. The van der Waals surface area contributed by atoms with E-state index in [0.29, 0.717) is 10.9 Å². The number of aliphatic hydroxyl groups is 1. The maximum Gasteiger partial charge on any atom is 0.0761 e. The minimum atomic E-state index is -0.496. The van der Waals surface area contributed by atoms with E-state index in [1.54, 1.807) is 0 Å². The van der Waals surface area contributed by atoms with Crippen LogP contribution in [0, 0.1) is 5.92 Å². The zero-order valence-corrected chi connectivity index (χ0v) is 13.1. The number of benzene rings is 1. The van der Waals surface area contributed by atoms with Gasteiger partial charge in [0.05, 0.1) is 12.1 Å². The molecule has 1 saturated carbocycles. The highest BCUT2D eigenvalue weighted by Gasteiger charge is 2.29. The van der Waals surface area contributed by atoms with Crippen molar-refractivity contribution < 1.29 is 5.11 Å². The van der Waals surface area contributed by atoms with E-state index < -0.39 is 12.1 Å². The van der Waals surface area contributed by atoms with Crippen LogP contribution in [0.3, 0.4) is 0 Å². The van der Waals surface area contributed by atoms with Gasteiger partial charge in [0.2, 0.25) is 0 Å². The molecule has 102 valence electrons. The first-order chi connectivity index (χ1) is 8.09. The molecule has 0 amide bonds. The van der Waals surface area contributed by atoms with Gasteiger partial charge in [-0.25, -0.2) is 0 Å². The monoisotopic (exact) mass is 353 g/mol. The molecule has 1 aliphatic rings. The minimum Gasteiger partial charge on any atom is -0.391 e. The van der Waals surface area contributed by atoms with Crippen molar-refractivity contribution in [3.63, 3.8) is 0 Å². The van der Waals surface area contributed by atoms with Crippen molar-refractivity contribution >= 4 is 39.9 Å². The van der Waals surface area contributed by atoms with Gasteiger partial charge in [-0.05, 0) is 42.5 Å². The van der Waals surface area contributed by atoms with Crippen LogP contribution in [0.25, 0.3) is 0 Å². The predicted molar refractivity (Wildman–Crippen MR) is 81.3 cm³/mol. The summed E-state index contributed by atoms with van der Waals surface area (Å²) in [6, 6.07) is 5.18. The summed E-state index contributed by atoms with van der Waals surface area (Å²) in [5, 5.41) is 10.9. The SMILES string of the molecule is Cl.N[C@@H](c1cc(Br)ccc1Cl)[C@H](O)C1CCCC1. The predicted octanol–water partition coefficient (Wildman–Crippen LogP) is 4.08. The summed E-state index contributed by atoms with van der Waals surface area (Å²) in [6.07, 6.45) is 4.03. The molecule has 3 N–H and O–H groups in total. The molecule has 0 bridgehead atoms. The number of halogens is 3. The van der Waals surface area contributed by atoms with Crippen LogP contribution in [0.1, 0.15) is 37.3 Å². The maximum atomic E-state index is 10.3. The fraction of sp³-hybridized carbons (Fsp3) is 0.538. The molecule has 2 rings (SSSR count). The molecule has 0 heterocycles. The van der Waals surface area contributed by atoms with Crippen LogP contribution < -0.4 is 5.73 Å². The zero-order chi connectivity index (χ0) is 12.4. The topological polar surface area (TPSA) is 46.2 Å². The van der Waals surface area contributed by atoms with Gasteiger partial charge in [0.25, 0.3) is 0 Å². The standard InChI is InChI=1S/C13H17BrClNO.ClH/c14-9-5-6-11(15)10(7-9)12(16)13(17)8-3-1-2-4-8;/h5-8,12-13,17H,1-4,16H2;1H/t12-,13+;/m0./s1. The van der Waals surface area contributed by atoms with E-state index in [-0.39, 0.29) is 12.4 Å². The molecule has 0 spiro atoms. The highest BCUT2D eigenvalue weighted by molar-refractivity contribution is 9.10. The van der Waals surface area contributed by atoms with E-state index in [4.69, 9.17) is 17.3 Å². The first-order valence-corrected chi connectivity index (χ1v) is 7.15. The second-order valence-electron chi connectivity index (χ2n) is 4.73. The van der Waals surface area contributed by atoms with Gasteiger partial charge >= 0.3 is 0 Å². The van der Waals surface area contributed by atoms with Crippen LogP contribution in [0.15, 0.2) is 22.7 Å². The third-order valence-electron chi connectivity index (χ3n) is 3.57. The first kappa shape index (κ1) is 16.3. The van der Waals surface area contributed by atoms with Gasteiger partial charge in [-0.3, -0.25) is 0 Å². The Kier molecular flexibility index (Phi) is 6.42. The second-order valence-corrected chi connectivity index (χ2v) is 6.05. The van der Waals surface area contributed by atoms with E-state index in [2.05, 4.69) is 15.9 Å². The van der Waals surface area contributed by atoms with Gasteiger partial charge in [0.15, 0.2) is 0 Å². The summed E-state index contributed by atoms with van der Waals surface area (Å²) in [6.45, 7) is 0. The zero-order valence-electron chi connectivity index (χ0n) is 9.98. The lowest BCUT2D eigenvalue weighted by Gasteiger charge is -2.25. The fourth-order valence-corrected chi connectivity index (χ4v) is 3.17. The van der Waals surface area contributed by atoms with Crippen LogP contribution in [-0.2, 0) is 0 Å². The molecule has 1 aliphatic carbocycles.